The quantitative estimate of drug-likeness (QED) is 0.489. The lowest BCUT2D eigenvalue weighted by molar-refractivity contribution is 0.0950. The van der Waals surface area contributed by atoms with Crippen LogP contribution in [0.1, 0.15) is 58.3 Å². The minimum absolute atomic E-state index is 0.196. The van der Waals surface area contributed by atoms with Crippen LogP contribution in [0.5, 0.6) is 0 Å². The molecule has 0 aliphatic heterocycles. The molecule has 4 aromatic rings. The van der Waals surface area contributed by atoms with Crippen LogP contribution in [0.25, 0.3) is 16.9 Å². The van der Waals surface area contributed by atoms with Gasteiger partial charge in [0.25, 0.3) is 5.91 Å². The second kappa shape index (κ2) is 8.90. The molecule has 3 aromatic heterocycles. The topological polar surface area (TPSA) is 98.5 Å². The van der Waals surface area contributed by atoms with E-state index in [1.165, 1.54) is 6.42 Å². The van der Waals surface area contributed by atoms with Crippen molar-refractivity contribution in [2.45, 2.75) is 45.6 Å². The molecule has 0 saturated heterocycles. The van der Waals surface area contributed by atoms with Gasteiger partial charge in [-0.25, -0.2) is 9.67 Å². The molecule has 1 aliphatic carbocycles. The average Bonchev–Trinajstić information content (AvgIpc) is 3.26. The first-order chi connectivity index (χ1) is 16.1. The van der Waals surface area contributed by atoms with Gasteiger partial charge >= 0.3 is 0 Å². The summed E-state index contributed by atoms with van der Waals surface area (Å²) in [7, 11) is 0. The Morgan fingerprint density at radius 2 is 1.94 bits per heavy atom. The van der Waals surface area contributed by atoms with E-state index < -0.39 is 0 Å². The molecule has 1 saturated carbocycles. The van der Waals surface area contributed by atoms with E-state index in [0.29, 0.717) is 23.7 Å². The molecule has 1 aliphatic rings. The number of carbonyl (C=O) groups is 1. The van der Waals surface area contributed by atoms with Gasteiger partial charge in [-0.15, -0.1) is 0 Å². The highest BCUT2D eigenvalue weighted by atomic mass is 16.1. The van der Waals surface area contributed by atoms with Crippen molar-refractivity contribution >= 4 is 5.91 Å². The summed E-state index contributed by atoms with van der Waals surface area (Å²) in [4.78, 5) is 22.2. The Morgan fingerprint density at radius 1 is 1.06 bits per heavy atom. The second-order valence-corrected chi connectivity index (χ2v) is 8.50. The summed E-state index contributed by atoms with van der Waals surface area (Å²) >= 11 is 0. The van der Waals surface area contributed by atoms with Crippen molar-refractivity contribution in [3.63, 3.8) is 0 Å². The van der Waals surface area contributed by atoms with Crippen molar-refractivity contribution in [2.75, 3.05) is 0 Å². The lowest BCUT2D eigenvalue weighted by Crippen LogP contribution is -2.24. The fraction of sp³-hybridized carbons (Fsp3) is 0.280. The Hall–Kier alpha value is -3.94. The van der Waals surface area contributed by atoms with Crippen molar-refractivity contribution in [2.24, 2.45) is 0 Å². The Kier molecular flexibility index (Phi) is 5.64. The smallest absolute Gasteiger partial charge is 0.251 e. The lowest BCUT2D eigenvalue weighted by Gasteiger charge is -2.24. The Balaban J connectivity index is 1.49. The predicted octanol–water partition coefficient (Wildman–Crippen LogP) is 3.93. The molecule has 33 heavy (non-hydrogen) atoms. The Labute approximate surface area is 192 Å². The number of pyridine rings is 1. The van der Waals surface area contributed by atoms with Crippen LogP contribution in [-0.2, 0) is 6.54 Å². The second-order valence-electron chi connectivity index (χ2n) is 8.50. The highest BCUT2D eigenvalue weighted by Gasteiger charge is 2.25. The van der Waals surface area contributed by atoms with Crippen molar-refractivity contribution in [3.05, 3.63) is 83.3 Å². The maximum atomic E-state index is 13.1. The molecular weight excluding hydrogens is 414 g/mol. The summed E-state index contributed by atoms with van der Waals surface area (Å²) in [6.07, 6.45) is 6.85. The van der Waals surface area contributed by atoms with E-state index in [1.54, 1.807) is 6.33 Å². The van der Waals surface area contributed by atoms with E-state index in [1.807, 2.05) is 67.2 Å². The van der Waals surface area contributed by atoms with Gasteiger partial charge in [0.2, 0.25) is 0 Å². The number of aromatic nitrogens is 6. The molecular formula is C25H25N7O. The van der Waals surface area contributed by atoms with Crippen LogP contribution in [0.2, 0.25) is 0 Å². The van der Waals surface area contributed by atoms with E-state index in [9.17, 15) is 4.79 Å². The number of amides is 1. The zero-order valence-electron chi connectivity index (χ0n) is 18.7. The van der Waals surface area contributed by atoms with Crippen molar-refractivity contribution in [3.8, 4) is 16.9 Å². The minimum atomic E-state index is -0.196. The molecule has 0 radical (unpaired) electrons. The molecule has 1 N–H and O–H groups in total. The normalized spacial score (nSPS) is 13.5. The van der Waals surface area contributed by atoms with Gasteiger partial charge in [0.15, 0.2) is 0 Å². The predicted molar refractivity (Wildman–Crippen MR) is 124 cm³/mol. The van der Waals surface area contributed by atoms with Crippen LogP contribution in [-0.4, -0.2) is 35.9 Å². The van der Waals surface area contributed by atoms with Gasteiger partial charge < -0.3 is 5.32 Å². The first-order valence-electron chi connectivity index (χ1n) is 11.1. The molecule has 0 unspecified atom stereocenters. The number of aryl methyl sites for hydroxylation is 2. The number of nitrogens with one attached hydrogen (secondary N) is 1. The number of rotatable bonds is 6. The third-order valence-electron chi connectivity index (χ3n) is 5.96. The number of benzene rings is 1. The van der Waals surface area contributed by atoms with Gasteiger partial charge in [0, 0.05) is 23.2 Å². The highest BCUT2D eigenvalue weighted by Crippen LogP contribution is 2.36. The number of nitrogens with zero attached hydrogens (tertiary/aromatic N) is 6. The van der Waals surface area contributed by atoms with Crippen LogP contribution >= 0.6 is 0 Å². The van der Waals surface area contributed by atoms with E-state index in [4.69, 9.17) is 0 Å². The summed E-state index contributed by atoms with van der Waals surface area (Å²) in [6, 6.07) is 13.4. The minimum Gasteiger partial charge on any atom is -0.346 e. The van der Waals surface area contributed by atoms with E-state index in [-0.39, 0.29) is 5.91 Å². The van der Waals surface area contributed by atoms with Crippen LogP contribution < -0.4 is 5.32 Å². The van der Waals surface area contributed by atoms with Crippen molar-refractivity contribution in [1.29, 1.82) is 0 Å². The zero-order chi connectivity index (χ0) is 22.8. The Morgan fingerprint density at radius 3 is 2.64 bits per heavy atom. The molecule has 1 amide bonds. The molecule has 0 atom stereocenters. The number of carbonyl (C=O) groups excluding carboxylic acids is 1. The summed E-state index contributed by atoms with van der Waals surface area (Å²) in [5.74, 6) is 1.15. The third kappa shape index (κ3) is 4.50. The van der Waals surface area contributed by atoms with E-state index in [2.05, 4.69) is 30.6 Å². The SMILES string of the molecule is Cc1ccc(-c2cc(C(=O)NCc3ccc(C)nn3)cc(-n3ncnc3C3CCC3)c2)nc1. The van der Waals surface area contributed by atoms with Gasteiger partial charge in [-0.05, 0) is 68.7 Å². The van der Waals surface area contributed by atoms with Crippen molar-refractivity contribution < 1.29 is 4.79 Å². The molecule has 8 nitrogen and oxygen atoms in total. The van der Waals surface area contributed by atoms with Crippen molar-refractivity contribution in [1.82, 2.24) is 35.3 Å². The molecule has 0 bridgehead atoms. The molecule has 0 spiro atoms. The lowest BCUT2D eigenvalue weighted by atomic mass is 9.85. The van der Waals surface area contributed by atoms with Gasteiger partial charge in [-0.2, -0.15) is 15.3 Å². The fourth-order valence-electron chi connectivity index (χ4n) is 3.84. The van der Waals surface area contributed by atoms with Gasteiger partial charge in [-0.1, -0.05) is 12.5 Å². The van der Waals surface area contributed by atoms with Crippen LogP contribution in [0, 0.1) is 13.8 Å². The number of hydrogen-bond donors (Lipinski definition) is 1. The van der Waals surface area contributed by atoms with Gasteiger partial charge in [0.1, 0.15) is 12.2 Å². The first kappa shape index (κ1) is 20.9. The molecule has 1 fully saturated rings. The maximum Gasteiger partial charge on any atom is 0.251 e. The summed E-state index contributed by atoms with van der Waals surface area (Å²) in [6.45, 7) is 4.18. The summed E-state index contributed by atoms with van der Waals surface area (Å²) in [5.41, 5.74) is 5.59. The molecule has 5 rings (SSSR count). The molecule has 8 heteroatoms. The molecule has 3 heterocycles. The third-order valence-corrected chi connectivity index (χ3v) is 5.96. The van der Waals surface area contributed by atoms with Crippen LogP contribution in [0.15, 0.2) is 55.0 Å². The standard InChI is InChI=1S/C25H25N7O/c1-16-6-9-23(26-13-16)19-10-20(25(33)27-14-21-8-7-17(2)30-31-21)12-22(11-19)32-24(28-15-29-32)18-4-3-5-18/h6-13,15,18H,3-5,14H2,1-2H3,(H,27,33). The highest BCUT2D eigenvalue weighted by molar-refractivity contribution is 5.96. The Bertz CT molecular complexity index is 1280. The van der Waals surface area contributed by atoms with E-state index in [0.717, 1.165) is 46.9 Å². The average molecular weight is 440 g/mol. The first-order valence-corrected chi connectivity index (χ1v) is 11.1. The van der Waals surface area contributed by atoms with Crippen LogP contribution in [0.3, 0.4) is 0 Å². The monoisotopic (exact) mass is 439 g/mol. The van der Waals surface area contributed by atoms with E-state index >= 15 is 0 Å². The molecule has 1 aromatic carbocycles. The number of hydrogen-bond acceptors (Lipinski definition) is 6. The molecule has 166 valence electrons. The van der Waals surface area contributed by atoms with Gasteiger partial charge in [0.05, 0.1) is 29.3 Å². The summed E-state index contributed by atoms with van der Waals surface area (Å²) < 4.78 is 1.85. The van der Waals surface area contributed by atoms with Gasteiger partial charge in [-0.3, -0.25) is 9.78 Å². The zero-order valence-corrected chi connectivity index (χ0v) is 18.7. The summed E-state index contributed by atoms with van der Waals surface area (Å²) in [5, 5.41) is 15.6. The largest absolute Gasteiger partial charge is 0.346 e. The fourth-order valence-corrected chi connectivity index (χ4v) is 3.84. The maximum absolute atomic E-state index is 13.1. The van der Waals surface area contributed by atoms with Crippen LogP contribution in [0.4, 0.5) is 0 Å².